The number of hydrogen-bond donors (Lipinski definition) is 2. The Bertz CT molecular complexity index is 397. The average molecular weight is 284 g/mol. The number of amides is 1. The van der Waals surface area contributed by atoms with Crippen molar-refractivity contribution in [3.05, 3.63) is 28.5 Å². The van der Waals surface area contributed by atoms with E-state index in [0.717, 1.165) is 19.3 Å². The molecule has 1 aromatic rings. The third kappa shape index (κ3) is 2.41. The molecule has 0 radical (unpaired) electrons. The SMILES string of the molecule is NC1CCCC1NC(=O)c1ncccc1Br. The molecule has 4 nitrogen and oxygen atoms in total. The molecule has 1 aliphatic rings. The van der Waals surface area contributed by atoms with Crippen molar-refractivity contribution in [2.24, 2.45) is 5.73 Å². The summed E-state index contributed by atoms with van der Waals surface area (Å²) in [5.41, 5.74) is 6.31. The minimum absolute atomic E-state index is 0.0754. The number of pyridine rings is 1. The van der Waals surface area contributed by atoms with Gasteiger partial charge in [-0.3, -0.25) is 4.79 Å². The van der Waals surface area contributed by atoms with Crippen LogP contribution in [0.1, 0.15) is 29.8 Å². The van der Waals surface area contributed by atoms with Crippen LogP contribution in [-0.2, 0) is 0 Å². The average Bonchev–Trinajstić information content (AvgIpc) is 2.65. The molecule has 0 bridgehead atoms. The summed E-state index contributed by atoms with van der Waals surface area (Å²) in [6.45, 7) is 0. The van der Waals surface area contributed by atoms with E-state index in [2.05, 4.69) is 26.2 Å². The van der Waals surface area contributed by atoms with Gasteiger partial charge in [-0.25, -0.2) is 4.98 Å². The number of carbonyl (C=O) groups excluding carboxylic acids is 1. The maximum Gasteiger partial charge on any atom is 0.271 e. The van der Waals surface area contributed by atoms with Crippen molar-refractivity contribution in [2.45, 2.75) is 31.3 Å². The molecule has 1 aromatic heterocycles. The lowest BCUT2D eigenvalue weighted by atomic mass is 10.2. The fourth-order valence-corrected chi connectivity index (χ4v) is 2.39. The quantitative estimate of drug-likeness (QED) is 0.863. The summed E-state index contributed by atoms with van der Waals surface area (Å²) in [7, 11) is 0. The van der Waals surface area contributed by atoms with Gasteiger partial charge >= 0.3 is 0 Å². The van der Waals surface area contributed by atoms with Crippen LogP contribution in [0.25, 0.3) is 0 Å². The van der Waals surface area contributed by atoms with E-state index in [1.807, 2.05) is 0 Å². The van der Waals surface area contributed by atoms with Gasteiger partial charge in [0.05, 0.1) is 0 Å². The van der Waals surface area contributed by atoms with Crippen LogP contribution in [0.5, 0.6) is 0 Å². The summed E-state index contributed by atoms with van der Waals surface area (Å²) >= 11 is 3.31. The van der Waals surface area contributed by atoms with Crippen molar-refractivity contribution < 1.29 is 4.79 Å². The predicted molar refractivity (Wildman–Crippen MR) is 65.0 cm³/mol. The third-order valence-corrected chi connectivity index (χ3v) is 3.50. The molecular weight excluding hydrogens is 270 g/mol. The first-order chi connectivity index (χ1) is 7.68. The Morgan fingerprint density at radius 3 is 3.00 bits per heavy atom. The van der Waals surface area contributed by atoms with Gasteiger partial charge in [-0.1, -0.05) is 0 Å². The fourth-order valence-electron chi connectivity index (χ4n) is 1.96. The second kappa shape index (κ2) is 4.93. The Balaban J connectivity index is 2.06. The van der Waals surface area contributed by atoms with E-state index in [9.17, 15) is 4.79 Å². The van der Waals surface area contributed by atoms with E-state index in [-0.39, 0.29) is 18.0 Å². The highest BCUT2D eigenvalue weighted by Gasteiger charge is 2.26. The number of rotatable bonds is 2. The number of carbonyl (C=O) groups is 1. The third-order valence-electron chi connectivity index (χ3n) is 2.86. The van der Waals surface area contributed by atoms with Crippen molar-refractivity contribution in [1.29, 1.82) is 0 Å². The van der Waals surface area contributed by atoms with E-state index in [4.69, 9.17) is 5.73 Å². The zero-order chi connectivity index (χ0) is 11.5. The number of nitrogens with one attached hydrogen (secondary N) is 1. The molecule has 16 heavy (non-hydrogen) atoms. The Labute approximate surface area is 103 Å². The zero-order valence-corrected chi connectivity index (χ0v) is 10.4. The number of hydrogen-bond acceptors (Lipinski definition) is 3. The van der Waals surface area contributed by atoms with Gasteiger partial charge in [0, 0.05) is 22.8 Å². The van der Waals surface area contributed by atoms with Crippen LogP contribution < -0.4 is 11.1 Å². The normalized spacial score (nSPS) is 24.4. The Morgan fingerprint density at radius 1 is 1.56 bits per heavy atom. The van der Waals surface area contributed by atoms with Crippen LogP contribution in [0.15, 0.2) is 22.8 Å². The van der Waals surface area contributed by atoms with Gasteiger partial charge in [-0.15, -0.1) is 0 Å². The van der Waals surface area contributed by atoms with Crippen LogP contribution >= 0.6 is 15.9 Å². The lowest BCUT2D eigenvalue weighted by Crippen LogP contribution is -2.44. The van der Waals surface area contributed by atoms with Gasteiger partial charge in [-0.05, 0) is 47.3 Å². The summed E-state index contributed by atoms with van der Waals surface area (Å²) in [6.07, 6.45) is 4.62. The molecule has 2 unspecified atom stereocenters. The molecule has 0 aliphatic heterocycles. The minimum Gasteiger partial charge on any atom is -0.346 e. The maximum absolute atomic E-state index is 11.9. The van der Waals surface area contributed by atoms with E-state index in [1.165, 1.54) is 0 Å². The van der Waals surface area contributed by atoms with Gasteiger partial charge in [0.15, 0.2) is 0 Å². The van der Waals surface area contributed by atoms with Gasteiger partial charge in [0.2, 0.25) is 0 Å². The summed E-state index contributed by atoms with van der Waals surface area (Å²) in [5.74, 6) is -0.158. The maximum atomic E-state index is 11.9. The molecule has 1 amide bonds. The second-order valence-electron chi connectivity index (χ2n) is 4.01. The molecule has 0 spiro atoms. The topological polar surface area (TPSA) is 68.0 Å². The lowest BCUT2D eigenvalue weighted by molar-refractivity contribution is 0.0928. The van der Waals surface area contributed by atoms with Crippen LogP contribution in [0.3, 0.4) is 0 Å². The first-order valence-electron chi connectivity index (χ1n) is 5.35. The number of nitrogens with zero attached hydrogens (tertiary/aromatic N) is 1. The van der Waals surface area contributed by atoms with Crippen molar-refractivity contribution in [1.82, 2.24) is 10.3 Å². The molecule has 1 heterocycles. The molecule has 1 aliphatic carbocycles. The lowest BCUT2D eigenvalue weighted by Gasteiger charge is -2.17. The Hall–Kier alpha value is -0.940. The van der Waals surface area contributed by atoms with E-state index >= 15 is 0 Å². The molecule has 5 heteroatoms. The molecular formula is C11H14BrN3O. The Kier molecular flexibility index (Phi) is 3.56. The first kappa shape index (κ1) is 11.5. The molecule has 1 saturated carbocycles. The summed E-state index contributed by atoms with van der Waals surface area (Å²) in [4.78, 5) is 16.0. The van der Waals surface area contributed by atoms with Crippen LogP contribution in [0.2, 0.25) is 0 Å². The number of halogens is 1. The van der Waals surface area contributed by atoms with Crippen LogP contribution in [-0.4, -0.2) is 23.0 Å². The molecule has 0 aromatic carbocycles. The molecule has 2 atom stereocenters. The van der Waals surface area contributed by atoms with Gasteiger partial charge in [0.1, 0.15) is 5.69 Å². The zero-order valence-electron chi connectivity index (χ0n) is 8.82. The van der Waals surface area contributed by atoms with E-state index in [0.29, 0.717) is 10.2 Å². The van der Waals surface area contributed by atoms with E-state index < -0.39 is 0 Å². The summed E-state index contributed by atoms with van der Waals surface area (Å²) in [5, 5.41) is 2.93. The standard InChI is InChI=1S/C11H14BrN3O/c12-7-3-2-6-14-10(7)11(16)15-9-5-1-4-8(9)13/h2-3,6,8-9H,1,4-5,13H2,(H,15,16). The molecule has 0 saturated heterocycles. The molecule has 86 valence electrons. The first-order valence-corrected chi connectivity index (χ1v) is 6.15. The van der Waals surface area contributed by atoms with Crippen molar-refractivity contribution in [3.8, 4) is 0 Å². The van der Waals surface area contributed by atoms with Crippen molar-refractivity contribution in [2.75, 3.05) is 0 Å². The highest BCUT2D eigenvalue weighted by atomic mass is 79.9. The molecule has 3 N–H and O–H groups in total. The minimum atomic E-state index is -0.158. The highest BCUT2D eigenvalue weighted by molar-refractivity contribution is 9.10. The number of nitrogens with two attached hydrogens (primary N) is 1. The van der Waals surface area contributed by atoms with Crippen LogP contribution in [0.4, 0.5) is 0 Å². The predicted octanol–water partition coefficient (Wildman–Crippen LogP) is 1.45. The van der Waals surface area contributed by atoms with Crippen molar-refractivity contribution >= 4 is 21.8 Å². The van der Waals surface area contributed by atoms with Gasteiger partial charge in [-0.2, -0.15) is 0 Å². The fraction of sp³-hybridized carbons (Fsp3) is 0.455. The smallest absolute Gasteiger partial charge is 0.271 e. The Morgan fingerprint density at radius 2 is 2.38 bits per heavy atom. The van der Waals surface area contributed by atoms with Crippen LogP contribution in [0, 0.1) is 0 Å². The largest absolute Gasteiger partial charge is 0.346 e. The van der Waals surface area contributed by atoms with Gasteiger partial charge < -0.3 is 11.1 Å². The summed E-state index contributed by atoms with van der Waals surface area (Å²) in [6, 6.07) is 3.74. The summed E-state index contributed by atoms with van der Waals surface area (Å²) < 4.78 is 0.707. The number of aromatic nitrogens is 1. The monoisotopic (exact) mass is 283 g/mol. The van der Waals surface area contributed by atoms with Gasteiger partial charge in [0.25, 0.3) is 5.91 Å². The molecule has 2 rings (SSSR count). The molecule has 1 fully saturated rings. The van der Waals surface area contributed by atoms with Crippen molar-refractivity contribution in [3.63, 3.8) is 0 Å². The van der Waals surface area contributed by atoms with E-state index in [1.54, 1.807) is 18.3 Å². The highest BCUT2D eigenvalue weighted by Crippen LogP contribution is 2.18. The second-order valence-corrected chi connectivity index (χ2v) is 4.86.